The first-order chi connectivity index (χ1) is 13.8. The molecule has 0 aromatic heterocycles. The maximum atomic E-state index is 12.8. The lowest BCUT2D eigenvalue weighted by Gasteiger charge is -2.21. The van der Waals surface area contributed by atoms with Gasteiger partial charge < -0.3 is 10.2 Å². The minimum atomic E-state index is -3.64. The Kier molecular flexibility index (Phi) is 6.59. The maximum Gasteiger partial charge on any atom is 0.264 e. The van der Waals surface area contributed by atoms with E-state index in [0.717, 1.165) is 18.5 Å². The van der Waals surface area contributed by atoms with Gasteiger partial charge in [-0.05, 0) is 50.2 Å². The molecule has 29 heavy (non-hydrogen) atoms. The van der Waals surface area contributed by atoms with Gasteiger partial charge in [0.25, 0.3) is 15.9 Å². The first kappa shape index (κ1) is 21.3. The zero-order valence-corrected chi connectivity index (χ0v) is 18.1. The number of likely N-dealkylation sites (N-methyl/N-ethyl adjacent to an activating group) is 1. The third kappa shape index (κ3) is 4.79. The minimum Gasteiger partial charge on any atom is -0.346 e. The number of sulfonamides is 1. The summed E-state index contributed by atoms with van der Waals surface area (Å²) in [5.74, 6) is -0.122. The van der Waals surface area contributed by atoms with Gasteiger partial charge in [-0.2, -0.15) is 0 Å². The van der Waals surface area contributed by atoms with Gasteiger partial charge in [0.1, 0.15) is 6.04 Å². The van der Waals surface area contributed by atoms with E-state index < -0.39 is 10.0 Å². The number of carbonyl (C=O) groups excluding carboxylic acids is 1. The van der Waals surface area contributed by atoms with E-state index >= 15 is 0 Å². The Morgan fingerprint density at radius 1 is 1.14 bits per heavy atom. The molecule has 6 nitrogen and oxygen atoms in total. The molecular weight excluding hydrogens is 386 g/mol. The molecule has 0 spiro atoms. The highest BCUT2D eigenvalue weighted by Crippen LogP contribution is 2.22. The van der Waals surface area contributed by atoms with E-state index in [9.17, 15) is 13.2 Å². The molecule has 1 fully saturated rings. The summed E-state index contributed by atoms with van der Waals surface area (Å²) in [5, 5.41) is 3.02. The van der Waals surface area contributed by atoms with Crippen molar-refractivity contribution < 1.29 is 18.1 Å². The maximum absolute atomic E-state index is 12.8. The van der Waals surface area contributed by atoms with Gasteiger partial charge in [-0.1, -0.05) is 17.7 Å². The number of rotatable bonds is 7. The summed E-state index contributed by atoms with van der Waals surface area (Å²) < 4.78 is 26.9. The Morgan fingerprint density at radius 2 is 1.79 bits per heavy atom. The van der Waals surface area contributed by atoms with Crippen LogP contribution in [0.1, 0.15) is 35.7 Å². The number of aryl methyl sites for hydroxylation is 1. The van der Waals surface area contributed by atoms with E-state index in [2.05, 4.69) is 12.2 Å². The number of benzene rings is 2. The summed E-state index contributed by atoms with van der Waals surface area (Å²) in [6, 6.07) is 13.9. The predicted molar refractivity (Wildman–Crippen MR) is 115 cm³/mol. The van der Waals surface area contributed by atoms with Gasteiger partial charge in [-0.3, -0.25) is 9.10 Å². The van der Waals surface area contributed by atoms with Crippen molar-refractivity contribution in [2.24, 2.45) is 0 Å². The number of hydrogen-bond acceptors (Lipinski definition) is 3. The summed E-state index contributed by atoms with van der Waals surface area (Å²) in [6.07, 6.45) is 2.35. The number of amides is 1. The highest BCUT2D eigenvalue weighted by Gasteiger charge is 2.27. The number of anilines is 1. The largest absolute Gasteiger partial charge is 0.346 e. The van der Waals surface area contributed by atoms with Crippen LogP contribution in [-0.2, 0) is 10.0 Å². The fourth-order valence-electron chi connectivity index (χ4n) is 3.84. The molecule has 1 aliphatic heterocycles. The molecule has 156 valence electrons. The van der Waals surface area contributed by atoms with Gasteiger partial charge in [0.05, 0.1) is 30.2 Å². The van der Waals surface area contributed by atoms with Gasteiger partial charge in [0.15, 0.2) is 0 Å². The lowest BCUT2D eigenvalue weighted by Crippen LogP contribution is -3.14. The highest BCUT2D eigenvalue weighted by atomic mass is 32.2. The Labute approximate surface area is 173 Å². The molecule has 2 aromatic rings. The molecule has 0 aliphatic carbocycles. The number of quaternary nitrogens is 1. The van der Waals surface area contributed by atoms with Gasteiger partial charge in [-0.15, -0.1) is 0 Å². The van der Waals surface area contributed by atoms with Gasteiger partial charge >= 0.3 is 0 Å². The van der Waals surface area contributed by atoms with Crippen LogP contribution < -0.4 is 14.5 Å². The molecule has 0 saturated carbocycles. The Bertz CT molecular complexity index is 940. The van der Waals surface area contributed by atoms with E-state index in [1.54, 1.807) is 53.4 Å². The monoisotopic (exact) mass is 416 g/mol. The molecule has 2 aromatic carbocycles. The molecule has 0 radical (unpaired) electrons. The summed E-state index contributed by atoms with van der Waals surface area (Å²) >= 11 is 0. The molecule has 3 rings (SSSR count). The third-order valence-corrected chi connectivity index (χ3v) is 7.56. The van der Waals surface area contributed by atoms with Crippen molar-refractivity contribution >= 4 is 21.6 Å². The Hall–Kier alpha value is -2.38. The van der Waals surface area contributed by atoms with Crippen molar-refractivity contribution in [2.75, 3.05) is 31.0 Å². The average Bonchev–Trinajstić information content (AvgIpc) is 3.19. The molecule has 1 aliphatic rings. The van der Waals surface area contributed by atoms with Crippen molar-refractivity contribution in [1.29, 1.82) is 0 Å². The summed E-state index contributed by atoms with van der Waals surface area (Å²) in [5.41, 5.74) is 2.05. The standard InChI is InChI=1S/C22H29N3O3S/c1-4-25-15-5-6-20(25)16-23-22(26)18-9-11-19(12-10-18)24(3)29(27,28)21-13-7-17(2)8-14-21/h7-14,20H,4-6,15-16H2,1-3H3,(H,23,26)/p+1/t20-/m0/s1. The molecule has 1 saturated heterocycles. The average molecular weight is 417 g/mol. The molecule has 1 heterocycles. The SMILES string of the molecule is CC[NH+]1CCC[C@H]1CNC(=O)c1ccc(N(C)S(=O)(=O)c2ccc(C)cc2)cc1. The van der Waals surface area contributed by atoms with E-state index in [4.69, 9.17) is 0 Å². The van der Waals surface area contributed by atoms with E-state index in [-0.39, 0.29) is 10.8 Å². The minimum absolute atomic E-state index is 0.122. The van der Waals surface area contributed by atoms with Gasteiger partial charge in [-0.25, -0.2) is 8.42 Å². The van der Waals surface area contributed by atoms with Crippen molar-refractivity contribution in [3.8, 4) is 0 Å². The topological polar surface area (TPSA) is 70.9 Å². The number of nitrogens with one attached hydrogen (secondary N) is 2. The molecule has 2 atom stereocenters. The van der Waals surface area contributed by atoms with E-state index in [0.29, 0.717) is 23.8 Å². The molecule has 7 heteroatoms. The van der Waals surface area contributed by atoms with Crippen LogP contribution in [0.3, 0.4) is 0 Å². The first-order valence-corrected chi connectivity index (χ1v) is 11.6. The van der Waals surface area contributed by atoms with Crippen molar-refractivity contribution in [2.45, 2.75) is 37.6 Å². The number of carbonyl (C=O) groups is 1. The second-order valence-electron chi connectivity index (χ2n) is 7.64. The normalized spacial score (nSPS) is 19.1. The number of nitrogens with zero attached hydrogens (tertiary/aromatic N) is 1. The first-order valence-electron chi connectivity index (χ1n) is 10.1. The lowest BCUT2D eigenvalue weighted by molar-refractivity contribution is -0.909. The fourth-order valence-corrected chi connectivity index (χ4v) is 5.04. The zero-order chi connectivity index (χ0) is 21.0. The molecule has 1 unspecified atom stereocenters. The predicted octanol–water partition coefficient (Wildman–Crippen LogP) is 1.62. The van der Waals surface area contributed by atoms with Crippen LogP contribution in [-0.4, -0.2) is 47.0 Å². The van der Waals surface area contributed by atoms with Crippen LogP contribution in [0, 0.1) is 6.92 Å². The Balaban J connectivity index is 1.66. The molecule has 0 bridgehead atoms. The highest BCUT2D eigenvalue weighted by molar-refractivity contribution is 7.92. The van der Waals surface area contributed by atoms with Crippen LogP contribution in [0.5, 0.6) is 0 Å². The van der Waals surface area contributed by atoms with Gasteiger partial charge in [0, 0.05) is 25.5 Å². The zero-order valence-electron chi connectivity index (χ0n) is 17.3. The fraction of sp³-hybridized carbons (Fsp3) is 0.409. The smallest absolute Gasteiger partial charge is 0.264 e. The second-order valence-corrected chi connectivity index (χ2v) is 9.61. The van der Waals surface area contributed by atoms with Crippen LogP contribution in [0.15, 0.2) is 53.4 Å². The number of hydrogen-bond donors (Lipinski definition) is 2. The second kappa shape index (κ2) is 8.97. The van der Waals surface area contributed by atoms with Crippen LogP contribution >= 0.6 is 0 Å². The lowest BCUT2D eigenvalue weighted by atomic mass is 10.1. The van der Waals surface area contributed by atoms with Gasteiger partial charge in [0.2, 0.25) is 0 Å². The Morgan fingerprint density at radius 3 is 2.41 bits per heavy atom. The van der Waals surface area contributed by atoms with E-state index in [1.165, 1.54) is 24.3 Å². The van der Waals surface area contributed by atoms with Crippen LogP contribution in [0.25, 0.3) is 0 Å². The summed E-state index contributed by atoms with van der Waals surface area (Å²) in [4.78, 5) is 14.3. The van der Waals surface area contributed by atoms with Crippen LogP contribution in [0.2, 0.25) is 0 Å². The quantitative estimate of drug-likeness (QED) is 0.721. The van der Waals surface area contributed by atoms with Crippen molar-refractivity contribution in [3.05, 3.63) is 59.7 Å². The third-order valence-electron chi connectivity index (χ3n) is 5.76. The molecule has 1 amide bonds. The van der Waals surface area contributed by atoms with Crippen molar-refractivity contribution in [3.63, 3.8) is 0 Å². The molecule has 2 N–H and O–H groups in total. The van der Waals surface area contributed by atoms with E-state index in [1.807, 2.05) is 6.92 Å². The number of likely N-dealkylation sites (tertiary alicyclic amines) is 1. The summed E-state index contributed by atoms with van der Waals surface area (Å²) in [6.45, 7) is 7.02. The molecular formula is C22H30N3O3S+. The van der Waals surface area contributed by atoms with Crippen LogP contribution in [0.4, 0.5) is 5.69 Å². The van der Waals surface area contributed by atoms with Crippen molar-refractivity contribution in [1.82, 2.24) is 5.32 Å². The summed E-state index contributed by atoms with van der Waals surface area (Å²) in [7, 11) is -2.12.